The van der Waals surface area contributed by atoms with E-state index in [1.807, 2.05) is 13.8 Å². The molecule has 15 nitrogen and oxygen atoms in total. The van der Waals surface area contributed by atoms with Gasteiger partial charge in [0.05, 0.1) is 25.0 Å². The molecule has 0 aromatic rings. The highest BCUT2D eigenvalue weighted by Crippen LogP contribution is 2.08. The number of nitrogens with zero attached hydrogens (tertiary/aromatic N) is 1. The van der Waals surface area contributed by atoms with Crippen molar-refractivity contribution in [1.29, 1.82) is 0 Å². The summed E-state index contributed by atoms with van der Waals surface area (Å²) >= 11 is 0. The van der Waals surface area contributed by atoms with Gasteiger partial charge in [0.15, 0.2) is 5.96 Å². The van der Waals surface area contributed by atoms with E-state index in [0.29, 0.717) is 25.7 Å². The van der Waals surface area contributed by atoms with E-state index in [1.54, 1.807) is 13.8 Å². The monoisotopic (exact) mass is 556 g/mol. The van der Waals surface area contributed by atoms with E-state index in [2.05, 4.69) is 26.3 Å². The summed E-state index contributed by atoms with van der Waals surface area (Å²) in [5.74, 6) is -4.28. The van der Waals surface area contributed by atoms with Crippen LogP contribution in [0.2, 0.25) is 0 Å². The molecule has 0 heterocycles. The number of hydrogen-bond acceptors (Lipinski definition) is 8. The first-order chi connectivity index (χ1) is 18.2. The van der Waals surface area contributed by atoms with Gasteiger partial charge < -0.3 is 48.4 Å². The average Bonchev–Trinajstić information content (AvgIpc) is 2.82. The van der Waals surface area contributed by atoms with Crippen LogP contribution in [0, 0.1) is 11.8 Å². The number of nitrogens with one attached hydrogen (secondary N) is 4. The van der Waals surface area contributed by atoms with Crippen LogP contribution in [0.4, 0.5) is 0 Å². The van der Waals surface area contributed by atoms with E-state index < -0.39 is 66.7 Å². The van der Waals surface area contributed by atoms with Crippen molar-refractivity contribution >= 4 is 41.8 Å². The Hall–Kier alpha value is -3.75. The smallest absolute Gasteiger partial charge is 0.305 e. The van der Waals surface area contributed by atoms with Crippen LogP contribution in [-0.4, -0.2) is 84.2 Å². The maximum Gasteiger partial charge on any atom is 0.305 e. The molecule has 11 N–H and O–H groups in total. The number of aldehydes is 1. The van der Waals surface area contributed by atoms with Gasteiger partial charge in [-0.05, 0) is 37.5 Å². The number of carbonyl (C=O) groups excluding carboxylic acids is 5. The van der Waals surface area contributed by atoms with Crippen LogP contribution >= 0.6 is 0 Å². The summed E-state index contributed by atoms with van der Waals surface area (Å²) in [5, 5.41) is 18.9. The molecule has 0 rings (SSSR count). The number of carboxylic acids is 1. The summed E-state index contributed by atoms with van der Waals surface area (Å²) in [4.78, 5) is 76.8. The fourth-order valence-electron chi connectivity index (χ4n) is 3.49. The second-order valence-corrected chi connectivity index (χ2v) is 10.1. The first kappa shape index (κ1) is 35.2. The average molecular weight is 557 g/mol. The van der Waals surface area contributed by atoms with Crippen molar-refractivity contribution in [2.24, 2.45) is 34.0 Å². The van der Waals surface area contributed by atoms with Gasteiger partial charge in [-0.3, -0.25) is 29.0 Å². The lowest BCUT2D eigenvalue weighted by molar-refractivity contribution is -0.141. The lowest BCUT2D eigenvalue weighted by atomic mass is 10.0. The molecule has 222 valence electrons. The molecule has 0 spiro atoms. The number of carboxylic acid groups (broad SMARTS) is 1. The number of hydrogen-bond donors (Lipinski definition) is 8. The fraction of sp³-hybridized carbons (Fsp3) is 0.708. The van der Waals surface area contributed by atoms with Gasteiger partial charge in [-0.25, -0.2) is 0 Å². The van der Waals surface area contributed by atoms with E-state index in [1.165, 1.54) is 0 Å². The predicted molar refractivity (Wildman–Crippen MR) is 144 cm³/mol. The lowest BCUT2D eigenvalue weighted by Gasteiger charge is -2.25. The zero-order chi connectivity index (χ0) is 30.1. The zero-order valence-electron chi connectivity index (χ0n) is 23.1. The molecule has 4 atom stereocenters. The highest BCUT2D eigenvalue weighted by Gasteiger charge is 2.30. The Balaban J connectivity index is 5.19. The number of guanidine groups is 1. The molecule has 0 aromatic heterocycles. The molecule has 0 fully saturated rings. The van der Waals surface area contributed by atoms with Crippen molar-refractivity contribution in [3.63, 3.8) is 0 Å². The first-order valence-corrected chi connectivity index (χ1v) is 12.8. The third-order valence-electron chi connectivity index (χ3n) is 5.32. The molecule has 0 radical (unpaired) electrons. The summed E-state index contributed by atoms with van der Waals surface area (Å²) in [6, 6.07) is -4.35. The predicted octanol–water partition coefficient (Wildman–Crippen LogP) is -2.30. The van der Waals surface area contributed by atoms with Crippen molar-refractivity contribution in [3.05, 3.63) is 0 Å². The molecule has 15 heteroatoms. The van der Waals surface area contributed by atoms with Crippen LogP contribution in [0.5, 0.6) is 0 Å². The maximum atomic E-state index is 13.0. The third kappa shape index (κ3) is 16.7. The minimum absolute atomic E-state index is 0.0634. The highest BCUT2D eigenvalue weighted by molar-refractivity contribution is 5.95. The summed E-state index contributed by atoms with van der Waals surface area (Å²) in [6.07, 6.45) is 1.04. The van der Waals surface area contributed by atoms with Crippen LogP contribution in [0.3, 0.4) is 0 Å². The van der Waals surface area contributed by atoms with Crippen LogP contribution in [-0.2, 0) is 28.8 Å². The van der Waals surface area contributed by atoms with Crippen LogP contribution in [0.25, 0.3) is 0 Å². The lowest BCUT2D eigenvalue weighted by Crippen LogP contribution is -2.56. The molecular weight excluding hydrogens is 512 g/mol. The molecule has 0 unspecified atom stereocenters. The highest BCUT2D eigenvalue weighted by atomic mass is 16.4. The van der Waals surface area contributed by atoms with Gasteiger partial charge in [-0.2, -0.15) is 0 Å². The quantitative estimate of drug-likeness (QED) is 0.0365. The number of rotatable bonds is 19. The molecule has 0 aliphatic rings. The number of carbonyl (C=O) groups is 6. The summed E-state index contributed by atoms with van der Waals surface area (Å²) in [7, 11) is 0. The van der Waals surface area contributed by atoms with Crippen molar-refractivity contribution in [3.8, 4) is 0 Å². The SMILES string of the molecule is CC(C)C[C@@H](C=O)NC(=O)[C@H](CC(=O)O)NC(=O)[C@H](CC(C)C)NC(=O)CNC(=O)[C@@H](N)CCCN=C(N)N. The Morgan fingerprint density at radius 3 is 1.97 bits per heavy atom. The number of aliphatic imine (C=N–C) groups is 1. The minimum atomic E-state index is -1.48. The first-order valence-electron chi connectivity index (χ1n) is 12.8. The standard InChI is InChI=1S/C24H44N8O7/c1-13(2)8-15(12-33)30-22(38)18(10-20(35)36)32-23(39)17(9-14(3)4)31-19(34)11-29-21(37)16(25)6-5-7-28-24(26)27/h12-18H,5-11,25H2,1-4H3,(H,29,37)(H,30,38)(H,31,34)(H,32,39)(H,35,36)(H4,26,27,28)/t15-,16-,17-,18-/m0/s1. The normalized spacial score (nSPS) is 13.9. The Bertz CT molecular complexity index is 875. The van der Waals surface area contributed by atoms with Gasteiger partial charge in [-0.1, -0.05) is 27.7 Å². The fourth-order valence-corrected chi connectivity index (χ4v) is 3.49. The minimum Gasteiger partial charge on any atom is -0.481 e. The Morgan fingerprint density at radius 2 is 1.46 bits per heavy atom. The van der Waals surface area contributed by atoms with Gasteiger partial charge in [0.1, 0.15) is 18.4 Å². The molecule has 0 saturated carbocycles. The molecular formula is C24H44N8O7. The number of aliphatic carboxylic acids is 1. The molecule has 0 aliphatic heterocycles. The Kier molecular flexibility index (Phi) is 16.7. The van der Waals surface area contributed by atoms with Crippen LogP contribution in [0.15, 0.2) is 4.99 Å². The van der Waals surface area contributed by atoms with Crippen LogP contribution < -0.4 is 38.5 Å². The largest absolute Gasteiger partial charge is 0.481 e. The number of nitrogens with two attached hydrogens (primary N) is 3. The molecule has 0 bridgehead atoms. The molecule has 4 amide bonds. The third-order valence-corrected chi connectivity index (χ3v) is 5.32. The molecule has 0 saturated heterocycles. The van der Waals surface area contributed by atoms with E-state index in [4.69, 9.17) is 17.2 Å². The molecule has 39 heavy (non-hydrogen) atoms. The summed E-state index contributed by atoms with van der Waals surface area (Å²) in [6.45, 7) is 7.14. The van der Waals surface area contributed by atoms with Crippen molar-refractivity contribution < 1.29 is 33.9 Å². The van der Waals surface area contributed by atoms with Gasteiger partial charge in [0.25, 0.3) is 0 Å². The maximum absolute atomic E-state index is 13.0. The van der Waals surface area contributed by atoms with Gasteiger partial charge in [0.2, 0.25) is 23.6 Å². The van der Waals surface area contributed by atoms with E-state index in [-0.39, 0.29) is 30.6 Å². The Morgan fingerprint density at radius 1 is 0.872 bits per heavy atom. The van der Waals surface area contributed by atoms with Gasteiger partial charge >= 0.3 is 5.97 Å². The van der Waals surface area contributed by atoms with Gasteiger partial charge in [-0.15, -0.1) is 0 Å². The number of amides is 4. The zero-order valence-corrected chi connectivity index (χ0v) is 23.1. The Labute approximate surface area is 228 Å². The van der Waals surface area contributed by atoms with Crippen molar-refractivity contribution in [2.45, 2.75) is 84.0 Å². The van der Waals surface area contributed by atoms with Crippen molar-refractivity contribution in [1.82, 2.24) is 21.3 Å². The second kappa shape index (κ2) is 18.5. The summed E-state index contributed by atoms with van der Waals surface area (Å²) in [5.41, 5.74) is 16.3. The van der Waals surface area contributed by atoms with E-state index in [9.17, 15) is 33.9 Å². The summed E-state index contributed by atoms with van der Waals surface area (Å²) < 4.78 is 0. The van der Waals surface area contributed by atoms with Crippen LogP contribution in [0.1, 0.15) is 59.8 Å². The molecule has 0 aliphatic carbocycles. The van der Waals surface area contributed by atoms with Gasteiger partial charge in [0, 0.05) is 6.54 Å². The van der Waals surface area contributed by atoms with E-state index in [0.717, 1.165) is 0 Å². The second-order valence-electron chi connectivity index (χ2n) is 10.1. The van der Waals surface area contributed by atoms with Crippen molar-refractivity contribution in [2.75, 3.05) is 13.1 Å². The topological polar surface area (TPSA) is 261 Å². The van der Waals surface area contributed by atoms with E-state index >= 15 is 0 Å². The molecule has 0 aromatic carbocycles.